The Morgan fingerprint density at radius 1 is 1.21 bits per heavy atom. The van der Waals surface area contributed by atoms with E-state index in [1.54, 1.807) is 12.1 Å². The van der Waals surface area contributed by atoms with Crippen molar-refractivity contribution in [2.75, 3.05) is 13.1 Å². The number of hydrogen-bond acceptors (Lipinski definition) is 5. The second kappa shape index (κ2) is 8.55. The number of thioether (sulfide) groups is 1. The zero-order valence-corrected chi connectivity index (χ0v) is 18.8. The highest BCUT2D eigenvalue weighted by molar-refractivity contribution is 8.00. The lowest BCUT2D eigenvalue weighted by Crippen LogP contribution is -2.43. The predicted octanol–water partition coefficient (Wildman–Crippen LogP) is 3.29. The first-order valence-corrected chi connectivity index (χ1v) is 13.1. The molecule has 3 aliphatic rings. The second-order valence-electron chi connectivity index (χ2n) is 8.84. The van der Waals surface area contributed by atoms with Gasteiger partial charge in [0.05, 0.1) is 10.3 Å². The van der Waals surface area contributed by atoms with Crippen molar-refractivity contribution in [3.05, 3.63) is 18.3 Å². The van der Waals surface area contributed by atoms with Crippen LogP contribution < -0.4 is 5.32 Å². The maximum Gasteiger partial charge on any atom is 0.244 e. The van der Waals surface area contributed by atoms with Gasteiger partial charge in [-0.25, -0.2) is 13.4 Å². The van der Waals surface area contributed by atoms with Crippen LogP contribution in [0, 0.1) is 17.8 Å². The van der Waals surface area contributed by atoms with E-state index in [0.717, 1.165) is 24.7 Å². The average molecular weight is 438 g/mol. The first-order valence-electron chi connectivity index (χ1n) is 10.8. The number of fused-ring (bicyclic) bond motifs is 2. The Morgan fingerprint density at radius 2 is 1.97 bits per heavy atom. The third-order valence-electron chi connectivity index (χ3n) is 6.88. The van der Waals surface area contributed by atoms with Crippen LogP contribution in [0.1, 0.15) is 52.4 Å². The van der Waals surface area contributed by atoms with Crippen molar-refractivity contribution in [3.8, 4) is 0 Å². The van der Waals surface area contributed by atoms with E-state index in [2.05, 4.69) is 17.2 Å². The molecular formula is C21H31N3O3S2. The maximum absolute atomic E-state index is 12.7. The molecule has 2 saturated carbocycles. The molecule has 2 bridgehead atoms. The number of carbonyl (C=O) groups excluding carboxylic acids is 1. The molecule has 0 radical (unpaired) electrons. The first kappa shape index (κ1) is 21.1. The van der Waals surface area contributed by atoms with Gasteiger partial charge in [-0.05, 0) is 75.8 Å². The number of hydrogen-bond donors (Lipinski definition) is 1. The molecule has 8 heteroatoms. The van der Waals surface area contributed by atoms with E-state index in [1.807, 2.05) is 6.92 Å². The number of carbonyl (C=O) groups is 1. The molecule has 1 amide bonds. The third-order valence-corrected chi connectivity index (χ3v) is 9.82. The van der Waals surface area contributed by atoms with Crippen LogP contribution in [0.5, 0.6) is 0 Å². The summed E-state index contributed by atoms with van der Waals surface area (Å²) in [6.07, 6.45) is 8.51. The van der Waals surface area contributed by atoms with Crippen molar-refractivity contribution in [1.29, 1.82) is 0 Å². The van der Waals surface area contributed by atoms with Crippen molar-refractivity contribution in [1.82, 2.24) is 14.6 Å². The highest BCUT2D eigenvalue weighted by Gasteiger charge is 2.42. The number of rotatable bonds is 7. The van der Waals surface area contributed by atoms with Gasteiger partial charge < -0.3 is 5.32 Å². The van der Waals surface area contributed by atoms with E-state index in [0.29, 0.717) is 24.0 Å². The van der Waals surface area contributed by atoms with Crippen LogP contribution in [0.2, 0.25) is 0 Å². The van der Waals surface area contributed by atoms with Crippen molar-refractivity contribution >= 4 is 27.7 Å². The minimum absolute atomic E-state index is 0.0286. The zero-order chi connectivity index (χ0) is 20.6. The van der Waals surface area contributed by atoms with Crippen molar-refractivity contribution in [3.63, 3.8) is 0 Å². The normalized spacial score (nSPS) is 29.1. The smallest absolute Gasteiger partial charge is 0.244 e. The van der Waals surface area contributed by atoms with E-state index in [9.17, 15) is 13.2 Å². The Kier molecular flexibility index (Phi) is 6.23. The molecule has 29 heavy (non-hydrogen) atoms. The molecule has 0 spiro atoms. The van der Waals surface area contributed by atoms with Crippen LogP contribution in [-0.4, -0.2) is 48.0 Å². The lowest BCUT2D eigenvalue weighted by atomic mass is 9.84. The molecule has 3 fully saturated rings. The van der Waals surface area contributed by atoms with Crippen LogP contribution in [0.4, 0.5) is 0 Å². The average Bonchev–Trinajstić information content (AvgIpc) is 3.46. The molecule has 5 atom stereocenters. The summed E-state index contributed by atoms with van der Waals surface area (Å²) < 4.78 is 26.7. The summed E-state index contributed by atoms with van der Waals surface area (Å²) in [5.41, 5.74) is 0. The third kappa shape index (κ3) is 4.49. The fraction of sp³-hybridized carbons (Fsp3) is 0.714. The molecular weight excluding hydrogens is 406 g/mol. The van der Waals surface area contributed by atoms with Gasteiger partial charge in [0.2, 0.25) is 15.9 Å². The number of nitrogens with one attached hydrogen (secondary N) is 1. The monoisotopic (exact) mass is 437 g/mol. The Labute approximate surface area is 178 Å². The standard InChI is InChI=1S/C21H31N3O3S2/c1-14(19-12-16-5-6-17(19)11-16)23-21(25)15(2)28-20-8-7-18(13-22-20)29(26,27)24-9-3-4-10-24/h7-8,13-17,19H,3-6,9-12H2,1-2H3,(H,23,25). The van der Waals surface area contributed by atoms with E-state index < -0.39 is 10.0 Å². The number of aromatic nitrogens is 1. The van der Waals surface area contributed by atoms with Gasteiger partial charge in [0.15, 0.2) is 0 Å². The SMILES string of the molecule is CC(Sc1ccc(S(=O)(=O)N2CCCC2)cn1)C(=O)NC(C)C1CC2CCC1C2. The van der Waals surface area contributed by atoms with E-state index in [1.165, 1.54) is 47.9 Å². The van der Waals surface area contributed by atoms with Crippen molar-refractivity contribution in [2.24, 2.45) is 17.8 Å². The topological polar surface area (TPSA) is 79.4 Å². The minimum atomic E-state index is -3.45. The number of nitrogens with zero attached hydrogens (tertiary/aromatic N) is 2. The van der Waals surface area contributed by atoms with Gasteiger partial charge >= 0.3 is 0 Å². The molecule has 1 aromatic heterocycles. The van der Waals surface area contributed by atoms with Crippen molar-refractivity contribution < 1.29 is 13.2 Å². The summed E-state index contributed by atoms with van der Waals surface area (Å²) >= 11 is 1.37. The highest BCUT2D eigenvalue weighted by Crippen LogP contribution is 2.49. The van der Waals surface area contributed by atoms with Gasteiger partial charge in [-0.2, -0.15) is 4.31 Å². The fourth-order valence-corrected chi connectivity index (χ4v) is 7.52. The Morgan fingerprint density at radius 3 is 2.55 bits per heavy atom. The molecule has 2 heterocycles. The molecule has 2 aliphatic carbocycles. The molecule has 4 rings (SSSR count). The van der Waals surface area contributed by atoms with Crippen LogP contribution in [0.25, 0.3) is 0 Å². The van der Waals surface area contributed by atoms with Crippen LogP contribution in [0.3, 0.4) is 0 Å². The first-order chi connectivity index (χ1) is 13.8. The molecule has 1 aromatic rings. The molecule has 1 aliphatic heterocycles. The Bertz CT molecular complexity index is 837. The molecule has 160 valence electrons. The lowest BCUT2D eigenvalue weighted by Gasteiger charge is -2.29. The summed E-state index contributed by atoms with van der Waals surface area (Å²) in [5, 5.41) is 3.60. The number of pyridine rings is 1. The predicted molar refractivity (Wildman–Crippen MR) is 114 cm³/mol. The van der Waals surface area contributed by atoms with Gasteiger partial charge in [0.25, 0.3) is 0 Å². The van der Waals surface area contributed by atoms with Gasteiger partial charge in [-0.1, -0.05) is 18.2 Å². The van der Waals surface area contributed by atoms with Gasteiger partial charge in [-0.3, -0.25) is 4.79 Å². The molecule has 1 N–H and O–H groups in total. The van der Waals surface area contributed by atoms with Crippen molar-refractivity contribution in [2.45, 2.75) is 73.6 Å². The summed E-state index contributed by atoms with van der Waals surface area (Å²) in [6.45, 7) is 5.18. The van der Waals surface area contributed by atoms with E-state index >= 15 is 0 Å². The lowest BCUT2D eigenvalue weighted by molar-refractivity contribution is -0.121. The van der Waals surface area contributed by atoms with Crippen LogP contribution >= 0.6 is 11.8 Å². The number of sulfonamides is 1. The zero-order valence-electron chi connectivity index (χ0n) is 17.2. The number of amides is 1. The fourth-order valence-electron chi connectivity index (χ4n) is 5.26. The summed E-state index contributed by atoms with van der Waals surface area (Å²) in [4.78, 5) is 17.2. The molecule has 5 unspecified atom stereocenters. The molecule has 1 saturated heterocycles. The van der Waals surface area contributed by atoms with Crippen LogP contribution in [0.15, 0.2) is 28.3 Å². The maximum atomic E-state index is 12.7. The largest absolute Gasteiger partial charge is 0.352 e. The van der Waals surface area contributed by atoms with E-state index in [4.69, 9.17) is 0 Å². The van der Waals surface area contributed by atoms with Gasteiger partial charge in [-0.15, -0.1) is 0 Å². The Balaban J connectivity index is 1.32. The summed E-state index contributed by atoms with van der Waals surface area (Å²) in [6, 6.07) is 3.52. The van der Waals surface area contributed by atoms with Gasteiger partial charge in [0, 0.05) is 25.3 Å². The summed E-state index contributed by atoms with van der Waals surface area (Å²) in [5.74, 6) is 2.30. The quantitative estimate of drug-likeness (QED) is 0.662. The summed E-state index contributed by atoms with van der Waals surface area (Å²) in [7, 11) is -3.45. The highest BCUT2D eigenvalue weighted by atomic mass is 32.2. The van der Waals surface area contributed by atoms with Gasteiger partial charge in [0.1, 0.15) is 4.90 Å². The molecule has 6 nitrogen and oxygen atoms in total. The minimum Gasteiger partial charge on any atom is -0.352 e. The Hall–Kier alpha value is -1.12. The second-order valence-corrected chi connectivity index (χ2v) is 12.1. The molecule has 0 aromatic carbocycles. The van der Waals surface area contributed by atoms with E-state index in [-0.39, 0.29) is 22.1 Å². The van der Waals surface area contributed by atoms with Crippen LogP contribution in [-0.2, 0) is 14.8 Å².